The molecular weight excluding hydrogens is 360 g/mol. The molecule has 0 bridgehead atoms. The molecule has 1 aliphatic heterocycles. The van der Waals surface area contributed by atoms with Gasteiger partial charge in [0.2, 0.25) is 11.8 Å². The number of morpholine rings is 1. The highest BCUT2D eigenvalue weighted by Crippen LogP contribution is 2.29. The third kappa shape index (κ3) is 4.73. The van der Waals surface area contributed by atoms with E-state index in [0.717, 1.165) is 51.3 Å². The Morgan fingerprint density at radius 2 is 1.96 bits per heavy atom. The molecule has 0 radical (unpaired) electrons. The minimum absolute atomic E-state index is 0.0924. The number of benzene rings is 1. The molecule has 4 rings (SSSR count). The molecule has 0 amide bonds. The molecule has 0 spiro atoms. The van der Waals surface area contributed by atoms with Crippen molar-refractivity contribution in [2.45, 2.75) is 32.0 Å². The van der Waals surface area contributed by atoms with Crippen LogP contribution in [0, 0.1) is 10.1 Å². The van der Waals surface area contributed by atoms with Crippen molar-refractivity contribution in [2.24, 2.45) is 0 Å². The molecule has 1 aromatic carbocycles. The zero-order valence-electron chi connectivity index (χ0n) is 15.6. The number of aromatic nitrogens is 2. The van der Waals surface area contributed by atoms with Gasteiger partial charge in [0.25, 0.3) is 0 Å². The molecule has 2 heterocycles. The van der Waals surface area contributed by atoms with Gasteiger partial charge in [0.1, 0.15) is 6.20 Å². The number of nitro groups is 1. The fourth-order valence-electron chi connectivity index (χ4n) is 3.18. The van der Waals surface area contributed by atoms with Crippen molar-refractivity contribution in [3.8, 4) is 0 Å². The van der Waals surface area contributed by atoms with E-state index in [2.05, 4.69) is 37.6 Å². The van der Waals surface area contributed by atoms with Crippen molar-refractivity contribution in [1.82, 2.24) is 14.9 Å². The molecule has 1 aromatic heterocycles. The molecule has 1 saturated heterocycles. The first kappa shape index (κ1) is 18.6. The molecule has 2 fully saturated rings. The Bertz CT molecular complexity index is 836. The second-order valence-corrected chi connectivity index (χ2v) is 7.11. The summed E-state index contributed by atoms with van der Waals surface area (Å²) in [6.07, 6.45) is 3.29. The van der Waals surface area contributed by atoms with Gasteiger partial charge in [-0.3, -0.25) is 15.0 Å². The van der Waals surface area contributed by atoms with E-state index < -0.39 is 4.92 Å². The van der Waals surface area contributed by atoms with E-state index in [1.54, 1.807) is 0 Å². The highest BCUT2D eigenvalue weighted by atomic mass is 16.6. The van der Waals surface area contributed by atoms with E-state index in [4.69, 9.17) is 4.74 Å². The molecule has 2 N–H and O–H groups in total. The maximum Gasteiger partial charge on any atom is 0.329 e. The van der Waals surface area contributed by atoms with Gasteiger partial charge in [-0.15, -0.1) is 0 Å². The van der Waals surface area contributed by atoms with Gasteiger partial charge >= 0.3 is 5.69 Å². The molecule has 0 unspecified atom stereocenters. The lowest BCUT2D eigenvalue weighted by Gasteiger charge is -2.27. The lowest BCUT2D eigenvalue weighted by molar-refractivity contribution is -0.384. The molecular formula is C19H24N6O3. The number of rotatable bonds is 8. The van der Waals surface area contributed by atoms with Gasteiger partial charge in [0, 0.05) is 32.2 Å². The van der Waals surface area contributed by atoms with Crippen molar-refractivity contribution in [2.75, 3.05) is 36.9 Å². The molecule has 1 saturated carbocycles. The van der Waals surface area contributed by atoms with Crippen molar-refractivity contribution in [1.29, 1.82) is 0 Å². The van der Waals surface area contributed by atoms with Crippen LogP contribution in [0.3, 0.4) is 0 Å². The lowest BCUT2D eigenvalue weighted by Crippen LogP contribution is -2.35. The fraction of sp³-hybridized carbons (Fsp3) is 0.474. The molecule has 2 aliphatic rings. The summed E-state index contributed by atoms with van der Waals surface area (Å²) in [5, 5.41) is 17.5. The summed E-state index contributed by atoms with van der Waals surface area (Å²) in [7, 11) is 0. The van der Waals surface area contributed by atoms with Crippen LogP contribution in [0.1, 0.15) is 24.0 Å². The van der Waals surface area contributed by atoms with Crippen molar-refractivity contribution in [3.63, 3.8) is 0 Å². The lowest BCUT2D eigenvalue weighted by atomic mass is 10.1. The van der Waals surface area contributed by atoms with Crippen molar-refractivity contribution < 1.29 is 9.66 Å². The first-order chi connectivity index (χ1) is 13.7. The van der Waals surface area contributed by atoms with Crippen LogP contribution in [0.25, 0.3) is 0 Å². The monoisotopic (exact) mass is 384 g/mol. The number of hydrogen-bond acceptors (Lipinski definition) is 8. The number of anilines is 2. The van der Waals surface area contributed by atoms with Crippen molar-refractivity contribution >= 4 is 17.5 Å². The minimum atomic E-state index is -0.452. The van der Waals surface area contributed by atoms with Crippen LogP contribution >= 0.6 is 0 Å². The predicted octanol–water partition coefficient (Wildman–Crippen LogP) is 2.40. The topological polar surface area (TPSA) is 105 Å². The van der Waals surface area contributed by atoms with E-state index in [9.17, 15) is 10.1 Å². The van der Waals surface area contributed by atoms with E-state index in [0.29, 0.717) is 12.5 Å². The summed E-state index contributed by atoms with van der Waals surface area (Å²) in [6, 6.07) is 8.53. The second kappa shape index (κ2) is 8.49. The van der Waals surface area contributed by atoms with Crippen LogP contribution in [0.15, 0.2) is 30.5 Å². The maximum atomic E-state index is 11.2. The molecule has 148 valence electrons. The van der Waals surface area contributed by atoms with Crippen LogP contribution in [-0.2, 0) is 17.8 Å². The summed E-state index contributed by atoms with van der Waals surface area (Å²) >= 11 is 0. The van der Waals surface area contributed by atoms with E-state index in [1.165, 1.54) is 11.8 Å². The third-order valence-electron chi connectivity index (χ3n) is 4.94. The summed E-state index contributed by atoms with van der Waals surface area (Å²) in [4.78, 5) is 21.6. The minimum Gasteiger partial charge on any atom is -0.379 e. The normalized spacial score (nSPS) is 17.3. The Morgan fingerprint density at radius 3 is 2.68 bits per heavy atom. The maximum absolute atomic E-state index is 11.2. The first-order valence-electron chi connectivity index (χ1n) is 9.58. The predicted molar refractivity (Wildman–Crippen MR) is 105 cm³/mol. The zero-order chi connectivity index (χ0) is 19.3. The smallest absolute Gasteiger partial charge is 0.329 e. The number of hydrogen-bond donors (Lipinski definition) is 2. The highest BCUT2D eigenvalue weighted by molar-refractivity contribution is 5.58. The Hall–Kier alpha value is -2.78. The summed E-state index contributed by atoms with van der Waals surface area (Å²) in [6.45, 7) is 4.84. The van der Waals surface area contributed by atoms with Crippen LogP contribution in [0.2, 0.25) is 0 Å². The van der Waals surface area contributed by atoms with Gasteiger partial charge in [-0.1, -0.05) is 24.3 Å². The van der Waals surface area contributed by atoms with Gasteiger partial charge in [-0.05, 0) is 24.0 Å². The van der Waals surface area contributed by atoms with Crippen LogP contribution in [0.4, 0.5) is 17.5 Å². The average molecular weight is 384 g/mol. The number of ether oxygens (including phenoxy) is 1. The van der Waals surface area contributed by atoms with Gasteiger partial charge in [-0.2, -0.15) is 4.98 Å². The standard InChI is InChI=1S/C19H24N6O3/c26-25(27)17-12-21-19(23-18(17)22-16-5-6-16)20-11-14-3-1-2-4-15(14)13-24-7-9-28-10-8-24/h1-4,12,16H,5-11,13H2,(H2,20,21,22,23). The largest absolute Gasteiger partial charge is 0.379 e. The van der Waals surface area contributed by atoms with Crippen LogP contribution in [-0.4, -0.2) is 52.1 Å². The van der Waals surface area contributed by atoms with E-state index >= 15 is 0 Å². The zero-order valence-corrected chi connectivity index (χ0v) is 15.6. The van der Waals surface area contributed by atoms with Gasteiger partial charge in [0.15, 0.2) is 0 Å². The fourth-order valence-corrected chi connectivity index (χ4v) is 3.18. The van der Waals surface area contributed by atoms with Crippen LogP contribution < -0.4 is 10.6 Å². The Labute approximate surface area is 163 Å². The molecule has 1 aliphatic carbocycles. The summed E-state index contributed by atoms with van der Waals surface area (Å²) in [5.74, 6) is 0.668. The summed E-state index contributed by atoms with van der Waals surface area (Å²) < 4.78 is 5.42. The van der Waals surface area contributed by atoms with Crippen LogP contribution in [0.5, 0.6) is 0 Å². The molecule has 2 aromatic rings. The van der Waals surface area contributed by atoms with E-state index in [1.807, 2.05) is 12.1 Å². The van der Waals surface area contributed by atoms with Gasteiger partial charge in [0.05, 0.1) is 18.1 Å². The quantitative estimate of drug-likeness (QED) is 0.528. The Morgan fingerprint density at radius 1 is 1.21 bits per heavy atom. The van der Waals surface area contributed by atoms with Gasteiger partial charge < -0.3 is 15.4 Å². The average Bonchev–Trinajstić information content (AvgIpc) is 3.52. The number of nitrogens with one attached hydrogen (secondary N) is 2. The molecule has 0 atom stereocenters. The second-order valence-electron chi connectivity index (χ2n) is 7.11. The van der Waals surface area contributed by atoms with Gasteiger partial charge in [-0.25, -0.2) is 4.98 Å². The molecule has 9 heteroatoms. The highest BCUT2D eigenvalue weighted by Gasteiger charge is 2.26. The Balaban J connectivity index is 1.44. The summed E-state index contributed by atoms with van der Waals surface area (Å²) in [5.41, 5.74) is 2.31. The van der Waals surface area contributed by atoms with Crippen molar-refractivity contribution in [3.05, 3.63) is 51.7 Å². The SMILES string of the molecule is O=[N+]([O-])c1cnc(NCc2ccccc2CN2CCOCC2)nc1NC1CC1. The van der Waals surface area contributed by atoms with E-state index in [-0.39, 0.29) is 17.5 Å². The molecule has 9 nitrogen and oxygen atoms in total. The number of nitrogens with zero attached hydrogens (tertiary/aromatic N) is 4. The Kier molecular flexibility index (Phi) is 5.63. The third-order valence-corrected chi connectivity index (χ3v) is 4.94. The first-order valence-corrected chi connectivity index (χ1v) is 9.58. The molecule has 28 heavy (non-hydrogen) atoms.